The molecule has 0 aliphatic heterocycles. The molecule has 0 spiro atoms. The summed E-state index contributed by atoms with van der Waals surface area (Å²) in [6.45, 7) is 8.46. The number of benzene rings is 2. The van der Waals surface area contributed by atoms with E-state index in [1.54, 1.807) is 6.92 Å². The Hall–Kier alpha value is -2.29. The molecule has 0 aromatic heterocycles. The molecular formula is C18H21NO2. The molecule has 1 N–H and O–H groups in total. The third-order valence-corrected chi connectivity index (χ3v) is 3.64. The zero-order chi connectivity index (χ0) is 15.4. The number of aryl methyl sites for hydroxylation is 3. The molecule has 0 aliphatic rings. The van der Waals surface area contributed by atoms with E-state index in [-0.39, 0.29) is 0 Å². The normalized spacial score (nSPS) is 11.5. The van der Waals surface area contributed by atoms with Crippen LogP contribution in [0.5, 0.6) is 5.75 Å². The Morgan fingerprint density at radius 3 is 2.48 bits per heavy atom. The van der Waals surface area contributed by atoms with Gasteiger partial charge in [0.15, 0.2) is 0 Å². The minimum atomic E-state index is 0.496. The molecule has 21 heavy (non-hydrogen) atoms. The zero-order valence-corrected chi connectivity index (χ0v) is 13.0. The van der Waals surface area contributed by atoms with Crippen molar-refractivity contribution in [2.45, 2.75) is 34.3 Å². The van der Waals surface area contributed by atoms with Crippen molar-refractivity contribution in [3.8, 4) is 5.75 Å². The molecule has 0 radical (unpaired) electrons. The largest absolute Gasteiger partial charge is 0.488 e. The molecule has 0 aliphatic carbocycles. The fraction of sp³-hybridized carbons (Fsp3) is 0.278. The zero-order valence-electron chi connectivity index (χ0n) is 13.0. The maximum absolute atomic E-state index is 8.97. The van der Waals surface area contributed by atoms with Gasteiger partial charge in [0.05, 0.1) is 5.71 Å². The van der Waals surface area contributed by atoms with Gasteiger partial charge >= 0.3 is 0 Å². The summed E-state index contributed by atoms with van der Waals surface area (Å²) in [6, 6.07) is 12.2. The summed E-state index contributed by atoms with van der Waals surface area (Å²) in [5, 5.41) is 12.2. The highest BCUT2D eigenvalue weighted by molar-refractivity contribution is 6.00. The highest BCUT2D eigenvalue weighted by Gasteiger charge is 2.08. The fourth-order valence-electron chi connectivity index (χ4n) is 2.16. The summed E-state index contributed by atoms with van der Waals surface area (Å²) in [4.78, 5) is 0. The fourth-order valence-corrected chi connectivity index (χ4v) is 2.16. The van der Waals surface area contributed by atoms with Crippen molar-refractivity contribution in [3.05, 3.63) is 64.2 Å². The molecule has 0 unspecified atom stereocenters. The van der Waals surface area contributed by atoms with Crippen LogP contribution in [-0.4, -0.2) is 10.9 Å². The maximum Gasteiger partial charge on any atom is 0.129 e. The molecule has 0 fully saturated rings. The Balaban J connectivity index is 2.22. The van der Waals surface area contributed by atoms with Crippen LogP contribution in [0.15, 0.2) is 41.6 Å². The summed E-state index contributed by atoms with van der Waals surface area (Å²) in [5.74, 6) is 0.739. The first-order valence-electron chi connectivity index (χ1n) is 7.00. The first-order valence-corrected chi connectivity index (χ1v) is 7.00. The maximum atomic E-state index is 8.97. The van der Waals surface area contributed by atoms with E-state index in [2.05, 4.69) is 37.2 Å². The van der Waals surface area contributed by atoms with Crippen LogP contribution in [0.3, 0.4) is 0 Å². The van der Waals surface area contributed by atoms with Gasteiger partial charge in [-0.05, 0) is 62.1 Å². The molecule has 0 atom stereocenters. The van der Waals surface area contributed by atoms with Gasteiger partial charge in [-0.1, -0.05) is 29.4 Å². The molecule has 0 saturated heterocycles. The molecule has 0 heterocycles. The van der Waals surface area contributed by atoms with Crippen molar-refractivity contribution in [2.75, 3.05) is 0 Å². The van der Waals surface area contributed by atoms with E-state index < -0.39 is 0 Å². The average molecular weight is 283 g/mol. The Labute approximate surface area is 125 Å². The van der Waals surface area contributed by atoms with Crippen LogP contribution in [0, 0.1) is 20.8 Å². The molecule has 0 saturated carbocycles. The summed E-state index contributed by atoms with van der Waals surface area (Å²) in [7, 11) is 0. The molecule has 3 heteroatoms. The van der Waals surface area contributed by atoms with Crippen LogP contribution < -0.4 is 4.74 Å². The van der Waals surface area contributed by atoms with Crippen molar-refractivity contribution in [1.82, 2.24) is 0 Å². The van der Waals surface area contributed by atoms with Gasteiger partial charge in [0.25, 0.3) is 0 Å². The van der Waals surface area contributed by atoms with Gasteiger partial charge in [0.1, 0.15) is 12.4 Å². The lowest BCUT2D eigenvalue weighted by Gasteiger charge is -2.12. The lowest BCUT2D eigenvalue weighted by molar-refractivity contribution is 0.303. The second-order valence-electron chi connectivity index (χ2n) is 5.39. The summed E-state index contributed by atoms with van der Waals surface area (Å²) < 4.78 is 5.93. The molecule has 2 aromatic carbocycles. The molecule has 2 rings (SSSR count). The summed E-state index contributed by atoms with van der Waals surface area (Å²) in [6.07, 6.45) is 0. The van der Waals surface area contributed by atoms with Gasteiger partial charge in [-0.2, -0.15) is 0 Å². The van der Waals surface area contributed by atoms with Crippen molar-refractivity contribution in [3.63, 3.8) is 0 Å². The average Bonchev–Trinajstić information content (AvgIpc) is 2.48. The van der Waals surface area contributed by atoms with E-state index in [4.69, 9.17) is 9.94 Å². The number of ether oxygens (including phenoxy) is 1. The quantitative estimate of drug-likeness (QED) is 0.513. The van der Waals surface area contributed by atoms with Crippen molar-refractivity contribution >= 4 is 5.71 Å². The van der Waals surface area contributed by atoms with Crippen LogP contribution in [0.2, 0.25) is 0 Å². The van der Waals surface area contributed by atoms with E-state index in [1.807, 2.05) is 25.1 Å². The van der Waals surface area contributed by atoms with Gasteiger partial charge in [-0.15, -0.1) is 0 Å². The van der Waals surface area contributed by atoms with Crippen LogP contribution in [0.25, 0.3) is 0 Å². The monoisotopic (exact) mass is 283 g/mol. The molecular weight excluding hydrogens is 262 g/mol. The van der Waals surface area contributed by atoms with Gasteiger partial charge in [-0.25, -0.2) is 0 Å². The SMILES string of the molecule is CC(=NO)c1ccc(C)cc1OCc1ccc(C)c(C)c1. The van der Waals surface area contributed by atoms with Gasteiger partial charge < -0.3 is 9.94 Å². The van der Waals surface area contributed by atoms with Crippen molar-refractivity contribution < 1.29 is 9.94 Å². The minimum Gasteiger partial charge on any atom is -0.488 e. The highest BCUT2D eigenvalue weighted by Crippen LogP contribution is 2.23. The minimum absolute atomic E-state index is 0.496. The second-order valence-corrected chi connectivity index (χ2v) is 5.39. The highest BCUT2D eigenvalue weighted by atomic mass is 16.5. The van der Waals surface area contributed by atoms with Gasteiger partial charge in [-0.3, -0.25) is 0 Å². The van der Waals surface area contributed by atoms with Crippen molar-refractivity contribution in [2.24, 2.45) is 5.16 Å². The Morgan fingerprint density at radius 1 is 1.05 bits per heavy atom. The number of rotatable bonds is 4. The number of oxime groups is 1. The third-order valence-electron chi connectivity index (χ3n) is 3.64. The predicted octanol–water partition coefficient (Wildman–Crippen LogP) is 4.39. The standard InChI is InChI=1S/C18H21NO2/c1-12-5-8-17(15(4)19-20)18(9-12)21-11-16-7-6-13(2)14(3)10-16/h5-10,20H,11H2,1-4H3. The second kappa shape index (κ2) is 6.44. The summed E-state index contributed by atoms with van der Waals surface area (Å²) >= 11 is 0. The predicted molar refractivity (Wildman–Crippen MR) is 85.4 cm³/mol. The van der Waals surface area contributed by atoms with E-state index >= 15 is 0 Å². The smallest absolute Gasteiger partial charge is 0.129 e. The molecule has 110 valence electrons. The molecule has 3 nitrogen and oxygen atoms in total. The lowest BCUT2D eigenvalue weighted by Crippen LogP contribution is -2.03. The Morgan fingerprint density at radius 2 is 1.81 bits per heavy atom. The van der Waals surface area contributed by atoms with Crippen molar-refractivity contribution in [1.29, 1.82) is 0 Å². The molecule has 2 aromatic rings. The van der Waals surface area contributed by atoms with E-state index in [0.29, 0.717) is 12.3 Å². The van der Waals surface area contributed by atoms with E-state index in [9.17, 15) is 0 Å². The number of nitrogens with zero attached hydrogens (tertiary/aromatic N) is 1. The lowest BCUT2D eigenvalue weighted by atomic mass is 10.1. The first kappa shape index (κ1) is 15.1. The van der Waals surface area contributed by atoms with E-state index in [1.165, 1.54) is 11.1 Å². The van der Waals surface area contributed by atoms with Gasteiger partial charge in [0, 0.05) is 5.56 Å². The number of hydrogen-bond donors (Lipinski definition) is 1. The number of hydrogen-bond acceptors (Lipinski definition) is 3. The topological polar surface area (TPSA) is 41.8 Å². The van der Waals surface area contributed by atoms with Crippen LogP contribution in [-0.2, 0) is 6.61 Å². The summed E-state index contributed by atoms with van der Waals surface area (Å²) in [5.41, 5.74) is 6.13. The Bertz CT molecular complexity index is 675. The Kier molecular flexibility index (Phi) is 4.63. The molecule has 0 amide bonds. The van der Waals surface area contributed by atoms with E-state index in [0.717, 1.165) is 22.4 Å². The van der Waals surface area contributed by atoms with Crippen LogP contribution >= 0.6 is 0 Å². The third kappa shape index (κ3) is 3.63. The van der Waals surface area contributed by atoms with Crippen LogP contribution in [0.1, 0.15) is 34.7 Å². The van der Waals surface area contributed by atoms with Crippen LogP contribution in [0.4, 0.5) is 0 Å². The first-order chi connectivity index (χ1) is 10.0. The molecule has 0 bridgehead atoms. The van der Waals surface area contributed by atoms with Gasteiger partial charge in [0.2, 0.25) is 0 Å².